The largest absolute Gasteiger partial charge is 0.341 e. The summed E-state index contributed by atoms with van der Waals surface area (Å²) in [6.45, 7) is 3.97. The Balaban J connectivity index is 1.30. The van der Waals surface area contributed by atoms with Crippen LogP contribution in [0.25, 0.3) is 5.69 Å². The Bertz CT molecular complexity index is 1200. The van der Waals surface area contributed by atoms with Gasteiger partial charge in [0.25, 0.3) is 0 Å². The number of anilines is 1. The van der Waals surface area contributed by atoms with E-state index in [9.17, 15) is 5.26 Å². The van der Waals surface area contributed by atoms with Gasteiger partial charge in [-0.15, -0.1) is 10.2 Å². The molecule has 9 heteroatoms. The molecule has 0 radical (unpaired) electrons. The van der Waals surface area contributed by atoms with E-state index in [0.29, 0.717) is 12.5 Å². The molecule has 2 aliphatic heterocycles. The Kier molecular flexibility index (Phi) is 5.04. The van der Waals surface area contributed by atoms with Crippen molar-refractivity contribution in [3.8, 4) is 11.8 Å². The normalized spacial score (nSPS) is 19.9. The summed E-state index contributed by atoms with van der Waals surface area (Å²) < 4.78 is 2.25. The molecule has 0 amide bonds. The van der Waals surface area contributed by atoms with Gasteiger partial charge in [0.1, 0.15) is 5.82 Å². The number of benzene rings is 1. The van der Waals surface area contributed by atoms with E-state index in [2.05, 4.69) is 46.7 Å². The van der Waals surface area contributed by atoms with Gasteiger partial charge in [0.05, 0.1) is 23.7 Å². The minimum absolute atomic E-state index is 0.205. The molecule has 0 unspecified atom stereocenters. The van der Waals surface area contributed by atoms with Gasteiger partial charge >= 0.3 is 0 Å². The van der Waals surface area contributed by atoms with Crippen molar-refractivity contribution in [3.05, 3.63) is 58.9 Å². The van der Waals surface area contributed by atoms with Crippen molar-refractivity contribution >= 4 is 17.5 Å². The molecular weight excluding hydrogens is 436 g/mol. The number of rotatable bonds is 4. The number of halogens is 1. The van der Waals surface area contributed by atoms with Gasteiger partial charge in [-0.25, -0.2) is 9.97 Å². The van der Waals surface area contributed by atoms with Gasteiger partial charge in [-0.3, -0.25) is 9.47 Å². The minimum atomic E-state index is -0.205. The summed E-state index contributed by atoms with van der Waals surface area (Å²) >= 11 is 6.39. The molecule has 0 spiro atoms. The molecule has 168 valence electrons. The molecule has 33 heavy (non-hydrogen) atoms. The van der Waals surface area contributed by atoms with E-state index >= 15 is 0 Å². The molecule has 2 fully saturated rings. The van der Waals surface area contributed by atoms with Gasteiger partial charge in [-0.05, 0) is 55.5 Å². The smallest absolute Gasteiger partial charge is 0.225 e. The first kappa shape index (κ1) is 20.6. The number of hydrogen-bond donors (Lipinski definition) is 0. The van der Waals surface area contributed by atoms with Crippen molar-refractivity contribution in [2.75, 3.05) is 24.5 Å². The molecular formula is C24H25ClN8. The van der Waals surface area contributed by atoms with Crippen molar-refractivity contribution in [2.45, 2.75) is 44.7 Å². The van der Waals surface area contributed by atoms with Gasteiger partial charge < -0.3 is 4.90 Å². The van der Waals surface area contributed by atoms with Crippen LogP contribution in [-0.4, -0.2) is 49.3 Å². The molecule has 1 aromatic carbocycles. The first-order chi connectivity index (χ1) is 16.1. The van der Waals surface area contributed by atoms with Crippen LogP contribution in [-0.2, 0) is 13.1 Å². The summed E-state index contributed by atoms with van der Waals surface area (Å²) in [6.07, 6.45) is 7.48. The molecule has 0 N–H and O–H groups in total. The second kappa shape index (κ2) is 8.08. The summed E-state index contributed by atoms with van der Waals surface area (Å²) in [5.41, 5.74) is 2.06. The van der Waals surface area contributed by atoms with Crippen molar-refractivity contribution < 1.29 is 0 Å². The quantitative estimate of drug-likeness (QED) is 0.586. The highest BCUT2D eigenvalue weighted by Crippen LogP contribution is 2.46. The molecule has 0 bridgehead atoms. The predicted octanol–water partition coefficient (Wildman–Crippen LogP) is 3.71. The van der Waals surface area contributed by atoms with Gasteiger partial charge in [-0.2, -0.15) is 5.26 Å². The molecule has 1 saturated heterocycles. The van der Waals surface area contributed by atoms with Crippen LogP contribution in [0.3, 0.4) is 0 Å². The Morgan fingerprint density at radius 2 is 1.88 bits per heavy atom. The summed E-state index contributed by atoms with van der Waals surface area (Å²) in [5, 5.41) is 19.7. The Labute approximate surface area is 197 Å². The molecule has 3 aromatic rings. The van der Waals surface area contributed by atoms with Crippen molar-refractivity contribution in [2.24, 2.45) is 5.41 Å². The molecule has 8 nitrogen and oxygen atoms in total. The van der Waals surface area contributed by atoms with E-state index in [4.69, 9.17) is 11.6 Å². The van der Waals surface area contributed by atoms with E-state index in [-0.39, 0.29) is 5.41 Å². The Hall–Kier alpha value is -3.02. The first-order valence-corrected chi connectivity index (χ1v) is 11.9. The van der Waals surface area contributed by atoms with Crippen LogP contribution in [0.5, 0.6) is 0 Å². The van der Waals surface area contributed by atoms with Crippen molar-refractivity contribution in [3.63, 3.8) is 0 Å². The molecule has 6 rings (SSSR count). The average molecular weight is 461 g/mol. The minimum Gasteiger partial charge on any atom is -0.341 e. The lowest BCUT2D eigenvalue weighted by Gasteiger charge is -2.31. The fourth-order valence-corrected chi connectivity index (χ4v) is 5.34. The number of aromatic nitrogens is 5. The summed E-state index contributed by atoms with van der Waals surface area (Å²) in [6, 6.07) is 10.4. The molecule has 0 atom stereocenters. The fraction of sp³-hybridized carbons (Fsp3) is 0.458. The standard InChI is InChI=1S/C24H25ClN8/c25-19-2-3-20-18(12-19)13-31(16-24(15-26)6-7-24)14-21-29-30-22(33(20)21)17-4-10-32(11-5-17)23-27-8-1-9-28-23/h1-3,8-9,12,17H,4-7,10-11,13-14,16H2. The van der Waals surface area contributed by atoms with Crippen molar-refractivity contribution in [1.29, 1.82) is 5.26 Å². The third kappa shape index (κ3) is 3.85. The summed E-state index contributed by atoms with van der Waals surface area (Å²) in [7, 11) is 0. The molecule has 1 saturated carbocycles. The summed E-state index contributed by atoms with van der Waals surface area (Å²) in [4.78, 5) is 13.4. The van der Waals surface area contributed by atoms with E-state index < -0.39 is 0 Å². The maximum absolute atomic E-state index is 9.63. The highest BCUT2D eigenvalue weighted by Gasteiger charge is 2.45. The highest BCUT2D eigenvalue weighted by atomic mass is 35.5. The lowest BCUT2D eigenvalue weighted by Crippen LogP contribution is -2.34. The Morgan fingerprint density at radius 1 is 1.09 bits per heavy atom. The van der Waals surface area contributed by atoms with Crippen LogP contribution in [0, 0.1) is 16.7 Å². The van der Waals surface area contributed by atoms with Gasteiger partial charge in [0, 0.05) is 49.5 Å². The number of nitriles is 1. The number of hydrogen-bond acceptors (Lipinski definition) is 7. The van der Waals surface area contributed by atoms with E-state index in [1.165, 1.54) is 0 Å². The lowest BCUT2D eigenvalue weighted by atomic mass is 9.95. The van der Waals surface area contributed by atoms with E-state index in [1.807, 2.05) is 18.2 Å². The number of piperidine rings is 1. The molecule has 4 heterocycles. The van der Waals surface area contributed by atoms with Crippen LogP contribution >= 0.6 is 11.6 Å². The van der Waals surface area contributed by atoms with Gasteiger partial charge in [-0.1, -0.05) is 11.6 Å². The molecule has 1 aliphatic carbocycles. The number of nitrogens with zero attached hydrogens (tertiary/aromatic N) is 8. The molecule has 2 aromatic heterocycles. The topological polar surface area (TPSA) is 86.8 Å². The van der Waals surface area contributed by atoms with E-state index in [1.54, 1.807) is 12.4 Å². The lowest BCUT2D eigenvalue weighted by molar-refractivity contribution is 0.223. The predicted molar refractivity (Wildman–Crippen MR) is 124 cm³/mol. The maximum atomic E-state index is 9.63. The fourth-order valence-electron chi connectivity index (χ4n) is 5.14. The second-order valence-corrected chi connectivity index (χ2v) is 9.87. The molecule has 3 aliphatic rings. The third-order valence-corrected chi connectivity index (χ3v) is 7.34. The third-order valence-electron chi connectivity index (χ3n) is 7.11. The van der Waals surface area contributed by atoms with Crippen LogP contribution in [0.4, 0.5) is 5.95 Å². The summed E-state index contributed by atoms with van der Waals surface area (Å²) in [5.74, 6) is 3.06. The van der Waals surface area contributed by atoms with Crippen LogP contribution in [0.1, 0.15) is 48.8 Å². The maximum Gasteiger partial charge on any atom is 0.225 e. The Morgan fingerprint density at radius 3 is 2.61 bits per heavy atom. The second-order valence-electron chi connectivity index (χ2n) is 9.43. The van der Waals surface area contributed by atoms with Gasteiger partial charge in [0.2, 0.25) is 5.95 Å². The van der Waals surface area contributed by atoms with Crippen LogP contribution < -0.4 is 4.90 Å². The monoisotopic (exact) mass is 460 g/mol. The van der Waals surface area contributed by atoms with Crippen LogP contribution in [0.15, 0.2) is 36.7 Å². The zero-order valence-corrected chi connectivity index (χ0v) is 19.1. The average Bonchev–Trinajstić information content (AvgIpc) is 3.54. The van der Waals surface area contributed by atoms with Crippen LogP contribution in [0.2, 0.25) is 5.02 Å². The first-order valence-electron chi connectivity index (χ1n) is 11.5. The number of fused-ring (bicyclic) bond motifs is 3. The van der Waals surface area contributed by atoms with Gasteiger partial charge in [0.15, 0.2) is 5.82 Å². The van der Waals surface area contributed by atoms with E-state index in [0.717, 1.165) is 85.7 Å². The zero-order chi connectivity index (χ0) is 22.4. The highest BCUT2D eigenvalue weighted by molar-refractivity contribution is 6.30. The SMILES string of the molecule is N#CC1(CN2Cc3cc(Cl)ccc3-n3c(nnc3C3CCN(c4ncccn4)CC3)C2)CC1. The van der Waals surface area contributed by atoms with Crippen molar-refractivity contribution in [1.82, 2.24) is 29.6 Å². The zero-order valence-electron chi connectivity index (χ0n) is 18.4.